The quantitative estimate of drug-likeness (QED) is 0.543. The molecule has 0 bridgehead atoms. The molecule has 0 saturated heterocycles. The van der Waals surface area contributed by atoms with E-state index in [-0.39, 0.29) is 0 Å². The second-order valence-electron chi connectivity index (χ2n) is 1.98. The highest BCUT2D eigenvalue weighted by atomic mass is 32.2. The van der Waals surface area contributed by atoms with Gasteiger partial charge in [-0.3, -0.25) is 0 Å². The van der Waals surface area contributed by atoms with Crippen LogP contribution in [0.5, 0.6) is 0 Å². The summed E-state index contributed by atoms with van der Waals surface area (Å²) in [5.74, 6) is 1.61. The smallest absolute Gasteiger partial charge is 0.113 e. The van der Waals surface area contributed by atoms with Crippen molar-refractivity contribution in [2.24, 2.45) is 0 Å². The zero-order valence-corrected chi connectivity index (χ0v) is 8.32. The van der Waals surface area contributed by atoms with Crippen LogP contribution < -0.4 is 0 Å². The molecule has 1 aromatic rings. The van der Waals surface area contributed by atoms with Crippen LogP contribution in [0.15, 0.2) is 22.8 Å². The SMILES string of the molecule is C[S+](C)[O-].SCc1ccco1. The predicted molar refractivity (Wildman–Crippen MR) is 51.4 cm³/mol. The number of rotatable bonds is 1. The van der Waals surface area contributed by atoms with Crippen molar-refractivity contribution in [3.63, 3.8) is 0 Å². The van der Waals surface area contributed by atoms with Crippen LogP contribution in [0.4, 0.5) is 0 Å². The Balaban J connectivity index is 0.000000218. The van der Waals surface area contributed by atoms with Crippen LogP contribution in [0.25, 0.3) is 0 Å². The fourth-order valence-corrected chi connectivity index (χ4v) is 0.582. The molecule has 0 saturated carbocycles. The molecule has 0 aliphatic heterocycles. The first-order valence-electron chi connectivity index (χ1n) is 3.05. The summed E-state index contributed by atoms with van der Waals surface area (Å²) in [6.07, 6.45) is 4.92. The lowest BCUT2D eigenvalue weighted by Gasteiger charge is -1.87. The fraction of sp³-hybridized carbons (Fsp3) is 0.429. The molecular formula is C7H12O2S2. The summed E-state index contributed by atoms with van der Waals surface area (Å²) >= 11 is 3.37. The predicted octanol–water partition coefficient (Wildman–Crippen LogP) is 1.70. The molecule has 1 aromatic heterocycles. The van der Waals surface area contributed by atoms with Gasteiger partial charge >= 0.3 is 0 Å². The molecule has 4 heteroatoms. The summed E-state index contributed by atoms with van der Waals surface area (Å²) in [5, 5.41) is 0. The third kappa shape index (κ3) is 7.84. The van der Waals surface area contributed by atoms with E-state index in [1.54, 1.807) is 18.8 Å². The highest BCUT2D eigenvalue weighted by Gasteiger charge is 1.85. The third-order valence-corrected chi connectivity index (χ3v) is 1.05. The summed E-state index contributed by atoms with van der Waals surface area (Å²) < 4.78 is 14.5. The molecule has 0 aromatic carbocycles. The normalized spacial score (nSPS) is 9.18. The van der Waals surface area contributed by atoms with Crippen molar-refractivity contribution < 1.29 is 8.97 Å². The van der Waals surface area contributed by atoms with E-state index in [1.165, 1.54) is 0 Å². The zero-order valence-electron chi connectivity index (χ0n) is 6.61. The van der Waals surface area contributed by atoms with Gasteiger partial charge in [-0.05, 0) is 12.1 Å². The fourth-order valence-electron chi connectivity index (χ4n) is 0.403. The lowest BCUT2D eigenvalue weighted by Crippen LogP contribution is -1.86. The average molecular weight is 192 g/mol. The Hall–Kier alpha value is -0.0600. The van der Waals surface area contributed by atoms with E-state index in [0.717, 1.165) is 5.76 Å². The van der Waals surface area contributed by atoms with E-state index in [0.29, 0.717) is 5.75 Å². The van der Waals surface area contributed by atoms with Crippen LogP contribution in [-0.4, -0.2) is 17.1 Å². The molecule has 0 atom stereocenters. The van der Waals surface area contributed by atoms with Crippen molar-refractivity contribution in [2.45, 2.75) is 5.75 Å². The van der Waals surface area contributed by atoms with E-state index in [4.69, 9.17) is 4.42 Å². The van der Waals surface area contributed by atoms with Crippen LogP contribution in [0.3, 0.4) is 0 Å². The number of hydrogen-bond acceptors (Lipinski definition) is 3. The van der Waals surface area contributed by atoms with Crippen LogP contribution in [0.2, 0.25) is 0 Å². The molecule has 0 aliphatic carbocycles. The van der Waals surface area contributed by atoms with Gasteiger partial charge in [-0.1, -0.05) is 11.2 Å². The molecule has 0 spiro atoms. The second kappa shape index (κ2) is 6.64. The van der Waals surface area contributed by atoms with E-state index in [2.05, 4.69) is 12.6 Å². The topological polar surface area (TPSA) is 36.2 Å². The Morgan fingerprint density at radius 2 is 2.18 bits per heavy atom. The summed E-state index contributed by atoms with van der Waals surface area (Å²) in [6.45, 7) is 0. The molecular weight excluding hydrogens is 180 g/mol. The molecule has 64 valence electrons. The van der Waals surface area contributed by atoms with Crippen molar-refractivity contribution in [1.29, 1.82) is 0 Å². The molecule has 0 N–H and O–H groups in total. The standard InChI is InChI=1S/C5H6OS.C2H6OS/c7-4-5-2-1-3-6-5;1-4(2)3/h1-3,7H,4H2;1-2H3. The van der Waals surface area contributed by atoms with Crippen molar-refractivity contribution in [3.05, 3.63) is 24.2 Å². The van der Waals surface area contributed by atoms with Gasteiger partial charge in [-0.15, -0.1) is 0 Å². The number of furan rings is 1. The molecule has 0 amide bonds. The van der Waals surface area contributed by atoms with Crippen molar-refractivity contribution in [3.8, 4) is 0 Å². The third-order valence-electron chi connectivity index (χ3n) is 0.736. The lowest BCUT2D eigenvalue weighted by atomic mass is 10.5. The molecule has 0 fully saturated rings. The first kappa shape index (κ1) is 10.9. The van der Waals surface area contributed by atoms with Gasteiger partial charge < -0.3 is 8.97 Å². The first-order valence-corrected chi connectivity index (χ1v) is 5.65. The minimum atomic E-state index is -0.611. The van der Waals surface area contributed by atoms with Gasteiger partial charge in [0.15, 0.2) is 0 Å². The number of hydrogen-bond donors (Lipinski definition) is 1. The minimum absolute atomic E-state index is 0.611. The lowest BCUT2D eigenvalue weighted by molar-refractivity contribution is 0.531. The largest absolute Gasteiger partial charge is 0.617 e. The molecule has 11 heavy (non-hydrogen) atoms. The van der Waals surface area contributed by atoms with Gasteiger partial charge in [0.2, 0.25) is 0 Å². The van der Waals surface area contributed by atoms with Crippen molar-refractivity contribution in [1.82, 2.24) is 0 Å². The van der Waals surface area contributed by atoms with Gasteiger partial charge in [-0.25, -0.2) is 0 Å². The Kier molecular flexibility index (Phi) is 6.60. The van der Waals surface area contributed by atoms with E-state index < -0.39 is 11.2 Å². The van der Waals surface area contributed by atoms with Crippen LogP contribution in [0, 0.1) is 0 Å². The van der Waals surface area contributed by atoms with Gasteiger partial charge in [0.25, 0.3) is 0 Å². The van der Waals surface area contributed by atoms with Gasteiger partial charge in [0.05, 0.1) is 18.8 Å². The van der Waals surface area contributed by atoms with Crippen molar-refractivity contribution >= 4 is 23.8 Å². The Morgan fingerprint density at radius 1 is 1.64 bits per heavy atom. The minimum Gasteiger partial charge on any atom is -0.617 e. The Morgan fingerprint density at radius 3 is 2.36 bits per heavy atom. The maximum absolute atomic E-state index is 9.56. The monoisotopic (exact) mass is 192 g/mol. The van der Waals surface area contributed by atoms with Crippen LogP contribution >= 0.6 is 12.6 Å². The van der Waals surface area contributed by atoms with E-state index in [9.17, 15) is 4.55 Å². The van der Waals surface area contributed by atoms with Gasteiger partial charge in [0.1, 0.15) is 5.76 Å². The summed E-state index contributed by atoms with van der Waals surface area (Å²) in [7, 11) is 0. The Labute approximate surface area is 75.6 Å². The molecule has 1 heterocycles. The maximum atomic E-state index is 9.56. The second-order valence-corrected chi connectivity index (χ2v) is 3.78. The molecule has 2 nitrogen and oxygen atoms in total. The van der Waals surface area contributed by atoms with Gasteiger partial charge in [-0.2, -0.15) is 12.6 Å². The molecule has 0 aliphatic rings. The van der Waals surface area contributed by atoms with E-state index in [1.807, 2.05) is 12.1 Å². The van der Waals surface area contributed by atoms with Gasteiger partial charge in [0, 0.05) is 5.75 Å². The summed E-state index contributed by atoms with van der Waals surface area (Å²) in [5.41, 5.74) is 0. The Bertz CT molecular complexity index is 158. The van der Waals surface area contributed by atoms with Crippen LogP contribution in [0.1, 0.15) is 5.76 Å². The van der Waals surface area contributed by atoms with Crippen molar-refractivity contribution in [2.75, 3.05) is 12.5 Å². The number of thiol groups is 1. The maximum Gasteiger partial charge on any atom is 0.113 e. The summed E-state index contributed by atoms with van der Waals surface area (Å²) in [4.78, 5) is 0. The zero-order chi connectivity index (χ0) is 8.69. The van der Waals surface area contributed by atoms with Crippen LogP contribution in [-0.2, 0) is 16.9 Å². The highest BCUT2D eigenvalue weighted by molar-refractivity contribution is 7.89. The average Bonchev–Trinajstić information content (AvgIpc) is 2.36. The highest BCUT2D eigenvalue weighted by Crippen LogP contribution is 2.01. The summed E-state index contributed by atoms with van der Waals surface area (Å²) in [6, 6.07) is 3.75. The van der Waals surface area contributed by atoms with E-state index >= 15 is 0 Å². The first-order chi connectivity index (χ1) is 5.16. The molecule has 0 unspecified atom stereocenters. The molecule has 1 rings (SSSR count). The molecule has 0 radical (unpaired) electrons.